The molecule has 0 fully saturated rings. The Bertz CT molecular complexity index is 701. The Kier molecular flexibility index (Phi) is 4.70. The zero-order valence-electron chi connectivity index (χ0n) is 11.6. The van der Waals surface area contributed by atoms with Gasteiger partial charge in [-0.1, -0.05) is 12.1 Å². The van der Waals surface area contributed by atoms with E-state index in [0.717, 1.165) is 5.56 Å². The van der Waals surface area contributed by atoms with Gasteiger partial charge >= 0.3 is 0 Å². The summed E-state index contributed by atoms with van der Waals surface area (Å²) < 4.78 is 0.589. The molecule has 2 N–H and O–H groups in total. The molecule has 1 aromatic heterocycles. The lowest BCUT2D eigenvalue weighted by Gasteiger charge is -2.10. The second-order valence-corrected chi connectivity index (χ2v) is 5.22. The van der Waals surface area contributed by atoms with Gasteiger partial charge in [0.05, 0.1) is 0 Å². The summed E-state index contributed by atoms with van der Waals surface area (Å²) in [5.41, 5.74) is 2.24. The van der Waals surface area contributed by atoms with Gasteiger partial charge in [0, 0.05) is 18.3 Å². The number of hydrogen-bond donors (Lipinski definition) is 2. The van der Waals surface area contributed by atoms with Gasteiger partial charge in [-0.2, -0.15) is 0 Å². The fourth-order valence-corrected chi connectivity index (χ4v) is 2.11. The molecule has 0 unspecified atom stereocenters. The molecular weight excluding hydrogens is 334 g/mol. The zero-order chi connectivity index (χ0) is 15.4. The normalized spacial score (nSPS) is 10.0. The lowest BCUT2D eigenvalue weighted by atomic mass is 10.1. The van der Waals surface area contributed by atoms with E-state index >= 15 is 0 Å². The molecule has 1 aromatic carbocycles. The highest BCUT2D eigenvalue weighted by Crippen LogP contribution is 2.18. The summed E-state index contributed by atoms with van der Waals surface area (Å²) >= 11 is 3.23. The number of hydrogen-bond acceptors (Lipinski definition) is 3. The molecule has 1 heterocycles. The van der Waals surface area contributed by atoms with Gasteiger partial charge in [-0.25, -0.2) is 4.98 Å². The Hall–Kier alpha value is -2.21. The Balaban J connectivity index is 2.26. The molecular formula is C15H14BrN3O2. The van der Waals surface area contributed by atoms with Gasteiger partial charge in [0.25, 0.3) is 11.8 Å². The molecule has 0 aliphatic rings. The van der Waals surface area contributed by atoms with Crippen LogP contribution in [0, 0.1) is 6.92 Å². The Labute approximate surface area is 130 Å². The first-order chi connectivity index (χ1) is 10.0. The third-order valence-corrected chi connectivity index (χ3v) is 3.36. The predicted octanol–water partition coefficient (Wildman–Crippen LogP) is 2.76. The quantitative estimate of drug-likeness (QED) is 0.838. The van der Waals surface area contributed by atoms with E-state index in [1.165, 1.54) is 0 Å². The third-order valence-electron chi connectivity index (χ3n) is 2.92. The molecule has 2 aromatic rings. The number of carbonyl (C=O) groups excluding carboxylic acids is 2. The van der Waals surface area contributed by atoms with E-state index in [-0.39, 0.29) is 11.8 Å². The monoisotopic (exact) mass is 347 g/mol. The van der Waals surface area contributed by atoms with Crippen molar-refractivity contribution in [2.24, 2.45) is 0 Å². The van der Waals surface area contributed by atoms with Gasteiger partial charge in [0.1, 0.15) is 10.3 Å². The smallest absolute Gasteiger partial charge is 0.274 e. The molecule has 21 heavy (non-hydrogen) atoms. The van der Waals surface area contributed by atoms with Gasteiger partial charge in [0.2, 0.25) is 0 Å². The van der Waals surface area contributed by atoms with E-state index in [2.05, 4.69) is 31.5 Å². The van der Waals surface area contributed by atoms with Crippen LogP contribution in [0.15, 0.2) is 41.0 Å². The van der Waals surface area contributed by atoms with Gasteiger partial charge in [-0.3, -0.25) is 9.59 Å². The largest absolute Gasteiger partial charge is 0.355 e. The highest BCUT2D eigenvalue weighted by Gasteiger charge is 2.11. The van der Waals surface area contributed by atoms with Gasteiger partial charge < -0.3 is 10.6 Å². The second-order valence-electron chi connectivity index (χ2n) is 4.41. The molecule has 2 amide bonds. The molecule has 0 bridgehead atoms. The number of halogens is 1. The van der Waals surface area contributed by atoms with Crippen LogP contribution in [0.3, 0.4) is 0 Å². The Morgan fingerprint density at radius 1 is 1.14 bits per heavy atom. The number of nitrogens with zero attached hydrogens (tertiary/aromatic N) is 1. The molecule has 0 radical (unpaired) electrons. The fourth-order valence-electron chi connectivity index (χ4n) is 1.76. The highest BCUT2D eigenvalue weighted by molar-refractivity contribution is 9.10. The van der Waals surface area contributed by atoms with Crippen LogP contribution in [-0.2, 0) is 0 Å². The minimum absolute atomic E-state index is 0.203. The fraction of sp³-hybridized carbons (Fsp3) is 0.133. The van der Waals surface area contributed by atoms with Crippen LogP contribution < -0.4 is 10.6 Å². The first-order valence-electron chi connectivity index (χ1n) is 6.28. The number of carbonyl (C=O) groups is 2. The topological polar surface area (TPSA) is 71.1 Å². The number of rotatable bonds is 3. The van der Waals surface area contributed by atoms with Crippen LogP contribution in [0.2, 0.25) is 0 Å². The molecule has 0 atom stereocenters. The van der Waals surface area contributed by atoms with Crippen LogP contribution >= 0.6 is 15.9 Å². The van der Waals surface area contributed by atoms with Crippen molar-refractivity contribution in [1.29, 1.82) is 0 Å². The molecule has 5 nitrogen and oxygen atoms in total. The minimum Gasteiger partial charge on any atom is -0.355 e. The number of aryl methyl sites for hydroxylation is 1. The number of pyridine rings is 1. The summed E-state index contributed by atoms with van der Waals surface area (Å²) in [5, 5.41) is 5.32. The average molecular weight is 348 g/mol. The van der Waals surface area contributed by atoms with E-state index in [0.29, 0.717) is 21.5 Å². The van der Waals surface area contributed by atoms with E-state index in [4.69, 9.17) is 0 Å². The molecule has 0 saturated heterocycles. The van der Waals surface area contributed by atoms with Crippen molar-refractivity contribution in [3.63, 3.8) is 0 Å². The number of nitrogens with one attached hydrogen (secondary N) is 2. The molecule has 6 heteroatoms. The van der Waals surface area contributed by atoms with Gasteiger partial charge in [-0.05, 0) is 52.7 Å². The van der Waals surface area contributed by atoms with Crippen molar-refractivity contribution in [3.05, 3.63) is 57.8 Å². The average Bonchev–Trinajstić information content (AvgIpc) is 2.48. The van der Waals surface area contributed by atoms with Crippen LogP contribution in [0.25, 0.3) is 0 Å². The van der Waals surface area contributed by atoms with E-state index in [1.807, 2.05) is 6.92 Å². The standard InChI is InChI=1S/C15H14BrN3O2/c1-9-6-7-10(14(20)17-2)8-12(9)19-15(21)11-4-3-5-13(16)18-11/h3-8H,1-2H3,(H,17,20)(H,19,21). The number of benzene rings is 1. The summed E-state index contributed by atoms with van der Waals surface area (Å²) in [7, 11) is 1.56. The predicted molar refractivity (Wildman–Crippen MR) is 84.5 cm³/mol. The molecule has 108 valence electrons. The minimum atomic E-state index is -0.326. The lowest BCUT2D eigenvalue weighted by molar-refractivity contribution is 0.0961. The van der Waals surface area contributed by atoms with Crippen molar-refractivity contribution >= 4 is 33.4 Å². The van der Waals surface area contributed by atoms with Crippen LogP contribution in [-0.4, -0.2) is 23.8 Å². The number of aromatic nitrogens is 1. The maximum absolute atomic E-state index is 12.2. The van der Waals surface area contributed by atoms with Crippen molar-refractivity contribution in [2.75, 3.05) is 12.4 Å². The second kappa shape index (κ2) is 6.49. The molecule has 2 rings (SSSR count). The van der Waals surface area contributed by atoms with Gasteiger partial charge in [0.15, 0.2) is 0 Å². The zero-order valence-corrected chi connectivity index (χ0v) is 13.2. The maximum atomic E-state index is 12.2. The summed E-state index contributed by atoms with van der Waals surface area (Å²) in [6.07, 6.45) is 0. The first kappa shape index (κ1) is 15.2. The first-order valence-corrected chi connectivity index (χ1v) is 7.07. The lowest BCUT2D eigenvalue weighted by Crippen LogP contribution is -2.19. The molecule has 0 aliphatic heterocycles. The van der Waals surface area contributed by atoms with Crippen molar-refractivity contribution in [2.45, 2.75) is 6.92 Å². The van der Waals surface area contributed by atoms with E-state index in [1.54, 1.807) is 43.4 Å². The van der Waals surface area contributed by atoms with Crippen LogP contribution in [0.4, 0.5) is 5.69 Å². The SMILES string of the molecule is CNC(=O)c1ccc(C)c(NC(=O)c2cccc(Br)n2)c1. The summed E-state index contributed by atoms with van der Waals surface area (Å²) in [6, 6.07) is 10.2. The maximum Gasteiger partial charge on any atom is 0.274 e. The summed E-state index contributed by atoms with van der Waals surface area (Å²) in [6.45, 7) is 1.86. The molecule has 0 spiro atoms. The molecule has 0 saturated carbocycles. The summed E-state index contributed by atoms with van der Waals surface area (Å²) in [5.74, 6) is -0.528. The van der Waals surface area contributed by atoms with Crippen LogP contribution in [0.1, 0.15) is 26.4 Å². The number of amides is 2. The third kappa shape index (κ3) is 3.66. The van der Waals surface area contributed by atoms with E-state index < -0.39 is 0 Å². The Morgan fingerprint density at radius 3 is 2.57 bits per heavy atom. The summed E-state index contributed by atoms with van der Waals surface area (Å²) in [4.78, 5) is 27.9. The van der Waals surface area contributed by atoms with Crippen molar-refractivity contribution < 1.29 is 9.59 Å². The van der Waals surface area contributed by atoms with Crippen molar-refractivity contribution in [3.8, 4) is 0 Å². The van der Waals surface area contributed by atoms with E-state index in [9.17, 15) is 9.59 Å². The van der Waals surface area contributed by atoms with Crippen molar-refractivity contribution in [1.82, 2.24) is 10.3 Å². The van der Waals surface area contributed by atoms with Crippen LogP contribution in [0.5, 0.6) is 0 Å². The number of anilines is 1. The molecule has 0 aliphatic carbocycles. The van der Waals surface area contributed by atoms with Gasteiger partial charge in [-0.15, -0.1) is 0 Å². The Morgan fingerprint density at radius 2 is 1.90 bits per heavy atom. The highest BCUT2D eigenvalue weighted by atomic mass is 79.9.